The van der Waals surface area contributed by atoms with E-state index in [1.54, 1.807) is 6.07 Å². The van der Waals surface area contributed by atoms with Crippen LogP contribution in [0.4, 0.5) is 15.9 Å². The van der Waals surface area contributed by atoms with Gasteiger partial charge in [-0.2, -0.15) is 5.10 Å². The van der Waals surface area contributed by atoms with Crippen LogP contribution in [0.1, 0.15) is 18.4 Å². The quantitative estimate of drug-likeness (QED) is 0.688. The van der Waals surface area contributed by atoms with Gasteiger partial charge in [-0.25, -0.2) is 13.9 Å². The van der Waals surface area contributed by atoms with E-state index in [1.807, 2.05) is 29.8 Å². The third-order valence-electron chi connectivity index (χ3n) is 5.20. The van der Waals surface area contributed by atoms with Crippen LogP contribution < -0.4 is 10.6 Å². The number of nitrogens with two attached hydrogens (primary N) is 1. The van der Waals surface area contributed by atoms with Crippen LogP contribution in [0.2, 0.25) is 0 Å². The van der Waals surface area contributed by atoms with E-state index >= 15 is 0 Å². The highest BCUT2D eigenvalue weighted by Crippen LogP contribution is 2.31. The van der Waals surface area contributed by atoms with Crippen LogP contribution in [0.25, 0.3) is 21.8 Å². The fourth-order valence-corrected chi connectivity index (χ4v) is 3.50. The lowest BCUT2D eigenvalue weighted by molar-refractivity contribution is 0.495. The Kier molecular flexibility index (Phi) is 4.84. The SMILES string of the molecule is [C-]#[N+]c1ccc(-c2cc(N3CCC(N)CC3)n(-c3ccc(C)cc3)n2)cc1F. The normalized spacial score (nSPS) is 14.9. The number of benzene rings is 2. The lowest BCUT2D eigenvalue weighted by Crippen LogP contribution is -2.40. The molecule has 3 aromatic rings. The van der Waals surface area contributed by atoms with Crippen molar-refractivity contribution in [1.29, 1.82) is 0 Å². The molecule has 0 unspecified atom stereocenters. The van der Waals surface area contributed by atoms with Crippen LogP contribution in [0.5, 0.6) is 0 Å². The minimum atomic E-state index is -0.525. The second-order valence-electron chi connectivity index (χ2n) is 7.24. The average molecular weight is 375 g/mol. The first kappa shape index (κ1) is 18.2. The van der Waals surface area contributed by atoms with Gasteiger partial charge in [-0.05, 0) is 38.0 Å². The lowest BCUT2D eigenvalue weighted by atomic mass is 10.1. The first-order valence-electron chi connectivity index (χ1n) is 9.40. The summed E-state index contributed by atoms with van der Waals surface area (Å²) in [6, 6.07) is 15.0. The van der Waals surface area contributed by atoms with Crippen molar-refractivity contribution in [2.75, 3.05) is 18.0 Å². The van der Waals surface area contributed by atoms with Crippen molar-refractivity contribution in [2.45, 2.75) is 25.8 Å². The van der Waals surface area contributed by atoms with Crippen LogP contribution in [0, 0.1) is 19.3 Å². The molecular formula is C22H22FN5. The Morgan fingerprint density at radius 2 is 1.82 bits per heavy atom. The van der Waals surface area contributed by atoms with E-state index in [4.69, 9.17) is 17.4 Å². The summed E-state index contributed by atoms with van der Waals surface area (Å²) in [6.07, 6.45) is 1.87. The largest absolute Gasteiger partial charge is 0.356 e. The van der Waals surface area contributed by atoms with Crippen molar-refractivity contribution in [3.8, 4) is 16.9 Å². The Bertz CT molecular complexity index is 1020. The van der Waals surface area contributed by atoms with Crippen molar-refractivity contribution in [2.24, 2.45) is 5.73 Å². The fourth-order valence-electron chi connectivity index (χ4n) is 3.50. The van der Waals surface area contributed by atoms with Gasteiger partial charge in [0, 0.05) is 30.8 Å². The van der Waals surface area contributed by atoms with E-state index in [9.17, 15) is 4.39 Å². The summed E-state index contributed by atoms with van der Waals surface area (Å²) in [5.74, 6) is 0.447. The first-order chi connectivity index (χ1) is 13.5. The third-order valence-corrected chi connectivity index (χ3v) is 5.20. The Labute approximate surface area is 164 Å². The smallest absolute Gasteiger partial charge is 0.222 e. The van der Waals surface area contributed by atoms with Gasteiger partial charge in [0.15, 0.2) is 0 Å². The summed E-state index contributed by atoms with van der Waals surface area (Å²) in [7, 11) is 0. The van der Waals surface area contributed by atoms with Crippen LogP contribution in [0.3, 0.4) is 0 Å². The molecule has 0 amide bonds. The summed E-state index contributed by atoms with van der Waals surface area (Å²) in [5, 5.41) is 4.77. The molecule has 0 spiro atoms. The van der Waals surface area contributed by atoms with Crippen molar-refractivity contribution in [1.82, 2.24) is 9.78 Å². The van der Waals surface area contributed by atoms with Gasteiger partial charge in [-0.1, -0.05) is 29.8 Å². The monoisotopic (exact) mass is 375 g/mol. The zero-order chi connectivity index (χ0) is 19.7. The highest BCUT2D eigenvalue weighted by molar-refractivity contribution is 5.68. The second-order valence-corrected chi connectivity index (χ2v) is 7.24. The molecule has 1 aliphatic rings. The van der Waals surface area contributed by atoms with Crippen molar-refractivity contribution in [3.63, 3.8) is 0 Å². The van der Waals surface area contributed by atoms with E-state index in [-0.39, 0.29) is 11.7 Å². The van der Waals surface area contributed by atoms with Gasteiger partial charge in [0.25, 0.3) is 0 Å². The zero-order valence-electron chi connectivity index (χ0n) is 15.8. The molecule has 1 aliphatic heterocycles. The van der Waals surface area contributed by atoms with Crippen molar-refractivity contribution < 1.29 is 4.39 Å². The average Bonchev–Trinajstić information content (AvgIpc) is 3.14. The maximum atomic E-state index is 14.1. The molecule has 0 aliphatic carbocycles. The van der Waals surface area contributed by atoms with E-state index in [0.717, 1.165) is 37.4 Å². The molecule has 0 saturated carbocycles. The minimum absolute atomic E-state index is 0.0203. The topological polar surface area (TPSA) is 51.4 Å². The summed E-state index contributed by atoms with van der Waals surface area (Å²) in [5.41, 5.74) is 9.56. The molecule has 142 valence electrons. The second kappa shape index (κ2) is 7.45. The molecule has 2 N–H and O–H groups in total. The molecule has 1 saturated heterocycles. The third kappa shape index (κ3) is 3.49. The summed E-state index contributed by atoms with van der Waals surface area (Å²) < 4.78 is 16.0. The number of rotatable bonds is 3. The molecule has 6 heteroatoms. The van der Waals surface area contributed by atoms with Gasteiger partial charge in [0.1, 0.15) is 11.6 Å². The summed E-state index contributed by atoms with van der Waals surface area (Å²) in [6.45, 7) is 10.8. The summed E-state index contributed by atoms with van der Waals surface area (Å²) >= 11 is 0. The van der Waals surface area contributed by atoms with Gasteiger partial charge in [-0.15, -0.1) is 0 Å². The first-order valence-corrected chi connectivity index (χ1v) is 9.40. The minimum Gasteiger partial charge on any atom is -0.356 e. The van der Waals surface area contributed by atoms with Crippen LogP contribution >= 0.6 is 0 Å². The maximum absolute atomic E-state index is 14.1. The van der Waals surface area contributed by atoms with Gasteiger partial charge in [0.2, 0.25) is 5.69 Å². The van der Waals surface area contributed by atoms with E-state index in [0.29, 0.717) is 11.3 Å². The lowest BCUT2D eigenvalue weighted by Gasteiger charge is -2.31. The molecule has 1 aromatic heterocycles. The number of aryl methyl sites for hydroxylation is 1. The number of halogens is 1. The van der Waals surface area contributed by atoms with Crippen molar-refractivity contribution >= 4 is 11.5 Å². The Morgan fingerprint density at radius 1 is 1.11 bits per heavy atom. The number of hydrogen-bond acceptors (Lipinski definition) is 3. The molecule has 0 radical (unpaired) electrons. The summed E-state index contributed by atoms with van der Waals surface area (Å²) in [4.78, 5) is 5.47. The Morgan fingerprint density at radius 3 is 2.46 bits per heavy atom. The van der Waals surface area contributed by atoms with Gasteiger partial charge >= 0.3 is 0 Å². The molecule has 0 atom stereocenters. The standard InChI is InChI=1S/C22H22FN5/c1-15-3-6-18(7-4-15)28-22(27-11-9-17(24)10-12-27)14-21(26-28)16-5-8-20(25-2)19(23)13-16/h3-8,13-14,17H,9-12,24H2,1H3. The Hall–Kier alpha value is -3.17. The molecule has 4 rings (SSSR count). The highest BCUT2D eigenvalue weighted by Gasteiger charge is 2.22. The molecule has 2 aromatic carbocycles. The van der Waals surface area contributed by atoms with Crippen LogP contribution in [-0.2, 0) is 0 Å². The predicted octanol–water partition coefficient (Wildman–Crippen LogP) is 4.47. The Balaban J connectivity index is 1.78. The molecule has 2 heterocycles. The number of piperidine rings is 1. The number of aromatic nitrogens is 2. The molecule has 1 fully saturated rings. The van der Waals surface area contributed by atoms with E-state index in [1.165, 1.54) is 17.7 Å². The van der Waals surface area contributed by atoms with E-state index < -0.39 is 5.82 Å². The predicted molar refractivity (Wildman–Crippen MR) is 109 cm³/mol. The van der Waals surface area contributed by atoms with Crippen LogP contribution in [-0.4, -0.2) is 28.9 Å². The van der Waals surface area contributed by atoms with Gasteiger partial charge < -0.3 is 10.6 Å². The maximum Gasteiger partial charge on any atom is 0.222 e. The number of nitrogens with zero attached hydrogens (tertiary/aromatic N) is 4. The van der Waals surface area contributed by atoms with Crippen molar-refractivity contribution in [3.05, 3.63) is 71.3 Å². The fraction of sp³-hybridized carbons (Fsp3) is 0.273. The molecule has 0 bridgehead atoms. The molecule has 5 nitrogen and oxygen atoms in total. The van der Waals surface area contributed by atoms with Gasteiger partial charge in [-0.3, -0.25) is 0 Å². The zero-order valence-corrected chi connectivity index (χ0v) is 15.8. The van der Waals surface area contributed by atoms with Crippen LogP contribution in [0.15, 0.2) is 48.5 Å². The molecule has 28 heavy (non-hydrogen) atoms. The highest BCUT2D eigenvalue weighted by atomic mass is 19.1. The van der Waals surface area contributed by atoms with Gasteiger partial charge in [0.05, 0.1) is 18.0 Å². The number of hydrogen-bond donors (Lipinski definition) is 1. The van der Waals surface area contributed by atoms with E-state index in [2.05, 4.69) is 21.9 Å². The molecular weight excluding hydrogens is 353 g/mol. The number of anilines is 1.